The molecule has 1 aliphatic rings. The van der Waals surface area contributed by atoms with Crippen molar-refractivity contribution in [1.29, 1.82) is 0 Å². The van der Waals surface area contributed by atoms with Crippen LogP contribution in [0.15, 0.2) is 29.1 Å². The van der Waals surface area contributed by atoms with Crippen LogP contribution >= 0.6 is 11.6 Å². The molecule has 0 bridgehead atoms. The molecule has 150 valence electrons. The number of fused-ring (bicyclic) bond motifs is 1. The number of carbonyl (C=O) groups is 1. The van der Waals surface area contributed by atoms with Gasteiger partial charge in [0.2, 0.25) is 5.91 Å². The summed E-state index contributed by atoms with van der Waals surface area (Å²) >= 11 is 6.00. The topological polar surface area (TPSA) is 64.0 Å². The second-order valence-electron chi connectivity index (χ2n) is 7.25. The number of nitrogens with zero attached hydrogens (tertiary/aromatic N) is 2. The van der Waals surface area contributed by atoms with E-state index < -0.39 is 5.82 Å². The SMILES string of the molecule is CC[C@@H](Cn1nc2c(cc1=O)CCCCC2)NC(=O)Cc1c(F)cccc1Cl. The van der Waals surface area contributed by atoms with Crippen LogP contribution in [0.2, 0.25) is 5.02 Å². The molecule has 5 nitrogen and oxygen atoms in total. The Hall–Kier alpha value is -2.21. The molecule has 0 saturated heterocycles. The van der Waals surface area contributed by atoms with Crippen molar-refractivity contribution in [2.75, 3.05) is 0 Å². The number of aryl methyl sites for hydroxylation is 2. The maximum absolute atomic E-state index is 13.9. The summed E-state index contributed by atoms with van der Waals surface area (Å²) in [5, 5.41) is 7.65. The van der Waals surface area contributed by atoms with Crippen molar-refractivity contribution in [3.05, 3.63) is 62.3 Å². The van der Waals surface area contributed by atoms with Crippen LogP contribution in [0.25, 0.3) is 0 Å². The Morgan fingerprint density at radius 3 is 2.86 bits per heavy atom. The summed E-state index contributed by atoms with van der Waals surface area (Å²) in [4.78, 5) is 24.8. The average molecular weight is 406 g/mol. The zero-order valence-electron chi connectivity index (χ0n) is 16.0. The fraction of sp³-hybridized carbons (Fsp3) is 0.476. The average Bonchev–Trinajstić information content (AvgIpc) is 2.89. The molecule has 1 amide bonds. The highest BCUT2D eigenvalue weighted by molar-refractivity contribution is 6.31. The number of benzene rings is 1. The Morgan fingerprint density at radius 2 is 2.11 bits per heavy atom. The Morgan fingerprint density at radius 1 is 1.32 bits per heavy atom. The first-order chi connectivity index (χ1) is 13.5. The molecule has 0 aliphatic heterocycles. The van der Waals surface area contributed by atoms with Crippen LogP contribution in [-0.2, 0) is 30.6 Å². The summed E-state index contributed by atoms with van der Waals surface area (Å²) in [6.07, 6.45) is 5.58. The van der Waals surface area contributed by atoms with Gasteiger partial charge in [0.1, 0.15) is 5.82 Å². The molecule has 0 spiro atoms. The van der Waals surface area contributed by atoms with E-state index in [1.807, 2.05) is 6.92 Å². The molecule has 1 aliphatic carbocycles. The highest BCUT2D eigenvalue weighted by Gasteiger charge is 2.18. The lowest BCUT2D eigenvalue weighted by Gasteiger charge is -2.19. The minimum atomic E-state index is -0.501. The molecule has 0 unspecified atom stereocenters. The molecule has 1 heterocycles. The van der Waals surface area contributed by atoms with E-state index in [0.29, 0.717) is 13.0 Å². The first kappa shape index (κ1) is 20.5. The van der Waals surface area contributed by atoms with Gasteiger partial charge in [0.15, 0.2) is 0 Å². The first-order valence-corrected chi connectivity index (χ1v) is 10.2. The molecule has 28 heavy (non-hydrogen) atoms. The standard InChI is InChI=1S/C21H25ClFN3O2/c1-2-15(24-20(27)12-16-17(22)8-6-9-18(16)23)13-26-21(28)11-14-7-4-3-5-10-19(14)25-26/h6,8-9,11,15H,2-5,7,10,12-13H2,1H3,(H,24,27)/t15-/m0/s1. The fourth-order valence-corrected chi connectivity index (χ4v) is 3.76. The number of rotatable bonds is 6. The summed E-state index contributed by atoms with van der Waals surface area (Å²) in [6.45, 7) is 2.22. The smallest absolute Gasteiger partial charge is 0.267 e. The zero-order chi connectivity index (χ0) is 20.1. The molecule has 2 aromatic rings. The minimum Gasteiger partial charge on any atom is -0.351 e. The normalized spacial score (nSPS) is 14.8. The third-order valence-corrected chi connectivity index (χ3v) is 5.53. The van der Waals surface area contributed by atoms with Crippen molar-refractivity contribution < 1.29 is 9.18 Å². The van der Waals surface area contributed by atoms with Crippen LogP contribution in [-0.4, -0.2) is 21.7 Å². The molecule has 1 aromatic carbocycles. The molecular weight excluding hydrogens is 381 g/mol. The molecule has 1 N–H and O–H groups in total. The molecule has 3 rings (SSSR count). The molecule has 7 heteroatoms. The van der Waals surface area contributed by atoms with Crippen molar-refractivity contribution >= 4 is 17.5 Å². The van der Waals surface area contributed by atoms with E-state index in [1.165, 1.54) is 16.8 Å². The Kier molecular flexibility index (Phi) is 6.83. The number of amides is 1. The molecule has 1 aromatic heterocycles. The Labute approximate surface area is 168 Å². The van der Waals surface area contributed by atoms with Gasteiger partial charge in [-0.05, 0) is 49.8 Å². The van der Waals surface area contributed by atoms with Crippen molar-refractivity contribution in [1.82, 2.24) is 15.1 Å². The predicted molar refractivity (Wildman–Crippen MR) is 107 cm³/mol. The number of carbonyl (C=O) groups excluding carboxylic acids is 1. The van der Waals surface area contributed by atoms with Crippen LogP contribution in [0.5, 0.6) is 0 Å². The monoisotopic (exact) mass is 405 g/mol. The van der Waals surface area contributed by atoms with E-state index in [2.05, 4.69) is 10.4 Å². The van der Waals surface area contributed by atoms with Gasteiger partial charge in [0.05, 0.1) is 18.7 Å². The van der Waals surface area contributed by atoms with Crippen LogP contribution in [0.3, 0.4) is 0 Å². The lowest BCUT2D eigenvalue weighted by molar-refractivity contribution is -0.121. The van der Waals surface area contributed by atoms with Gasteiger partial charge in [0.25, 0.3) is 5.56 Å². The van der Waals surface area contributed by atoms with Gasteiger partial charge in [-0.2, -0.15) is 5.10 Å². The molecule has 0 radical (unpaired) electrons. The fourth-order valence-electron chi connectivity index (χ4n) is 3.53. The molecular formula is C21H25ClFN3O2. The summed E-state index contributed by atoms with van der Waals surface area (Å²) in [5.41, 5.74) is 2.06. The van der Waals surface area contributed by atoms with Crippen LogP contribution in [0.4, 0.5) is 4.39 Å². The predicted octanol–water partition coefficient (Wildman–Crippen LogP) is 3.44. The number of hydrogen-bond acceptors (Lipinski definition) is 3. The number of hydrogen-bond donors (Lipinski definition) is 1. The molecule has 0 fully saturated rings. The Bertz CT molecular complexity index is 893. The van der Waals surface area contributed by atoms with E-state index >= 15 is 0 Å². The largest absolute Gasteiger partial charge is 0.351 e. The van der Waals surface area contributed by atoms with E-state index in [4.69, 9.17) is 11.6 Å². The van der Waals surface area contributed by atoms with Gasteiger partial charge < -0.3 is 5.32 Å². The van der Waals surface area contributed by atoms with Crippen molar-refractivity contribution in [3.63, 3.8) is 0 Å². The lowest BCUT2D eigenvalue weighted by Crippen LogP contribution is -2.41. The second kappa shape index (κ2) is 9.32. The minimum absolute atomic E-state index is 0.144. The third kappa shape index (κ3) is 4.98. The lowest BCUT2D eigenvalue weighted by atomic mass is 10.1. The third-order valence-electron chi connectivity index (χ3n) is 5.17. The summed E-state index contributed by atoms with van der Waals surface area (Å²) in [6, 6.07) is 5.76. The molecule has 0 saturated carbocycles. The summed E-state index contributed by atoms with van der Waals surface area (Å²) in [5.74, 6) is -0.832. The maximum atomic E-state index is 13.9. The highest BCUT2D eigenvalue weighted by Crippen LogP contribution is 2.20. The van der Waals surface area contributed by atoms with Gasteiger partial charge >= 0.3 is 0 Å². The van der Waals surface area contributed by atoms with E-state index in [9.17, 15) is 14.0 Å². The van der Waals surface area contributed by atoms with Crippen molar-refractivity contribution in [2.45, 2.75) is 64.5 Å². The van der Waals surface area contributed by atoms with Crippen LogP contribution in [0.1, 0.15) is 49.4 Å². The number of aromatic nitrogens is 2. The number of halogens is 2. The van der Waals surface area contributed by atoms with E-state index in [0.717, 1.165) is 43.4 Å². The maximum Gasteiger partial charge on any atom is 0.267 e. The van der Waals surface area contributed by atoms with Gasteiger partial charge in [-0.3, -0.25) is 9.59 Å². The Balaban J connectivity index is 1.70. The quantitative estimate of drug-likeness (QED) is 0.749. The van der Waals surface area contributed by atoms with E-state index in [1.54, 1.807) is 12.1 Å². The van der Waals surface area contributed by atoms with Gasteiger partial charge in [-0.25, -0.2) is 9.07 Å². The zero-order valence-corrected chi connectivity index (χ0v) is 16.8. The molecule has 1 atom stereocenters. The summed E-state index contributed by atoms with van der Waals surface area (Å²) in [7, 11) is 0. The van der Waals surface area contributed by atoms with Crippen molar-refractivity contribution in [2.24, 2.45) is 0 Å². The van der Waals surface area contributed by atoms with Crippen LogP contribution in [0, 0.1) is 5.82 Å². The second-order valence-corrected chi connectivity index (χ2v) is 7.65. The van der Waals surface area contributed by atoms with Crippen molar-refractivity contribution in [3.8, 4) is 0 Å². The number of nitrogens with one attached hydrogen (secondary N) is 1. The van der Waals surface area contributed by atoms with Crippen LogP contribution < -0.4 is 10.9 Å². The highest BCUT2D eigenvalue weighted by atomic mass is 35.5. The van der Waals surface area contributed by atoms with Gasteiger partial charge in [-0.1, -0.05) is 31.0 Å². The first-order valence-electron chi connectivity index (χ1n) is 9.80. The van der Waals surface area contributed by atoms with E-state index in [-0.39, 0.29) is 34.5 Å². The van der Waals surface area contributed by atoms with Gasteiger partial charge in [0, 0.05) is 22.7 Å². The summed E-state index contributed by atoms with van der Waals surface area (Å²) < 4.78 is 15.3. The van der Waals surface area contributed by atoms with Gasteiger partial charge in [-0.15, -0.1) is 0 Å².